The van der Waals surface area contributed by atoms with Crippen LogP contribution in [0.25, 0.3) is 0 Å². The van der Waals surface area contributed by atoms with Crippen molar-refractivity contribution < 1.29 is 24.2 Å². The van der Waals surface area contributed by atoms with Crippen LogP contribution in [0.2, 0.25) is 0 Å². The predicted molar refractivity (Wildman–Crippen MR) is 69.2 cm³/mol. The highest BCUT2D eigenvalue weighted by Gasteiger charge is 2.35. The van der Waals surface area contributed by atoms with Crippen LogP contribution < -0.4 is 0 Å². The van der Waals surface area contributed by atoms with Gasteiger partial charge in [0.05, 0.1) is 19.8 Å². The number of hydrogen-bond acceptors (Lipinski definition) is 5. The Morgan fingerprint density at radius 1 is 1.16 bits per heavy atom. The van der Waals surface area contributed by atoms with Gasteiger partial charge in [-0.05, 0) is 18.9 Å². The van der Waals surface area contributed by atoms with Gasteiger partial charge in [0.25, 0.3) is 0 Å². The van der Waals surface area contributed by atoms with Crippen molar-refractivity contribution in [3.8, 4) is 0 Å². The van der Waals surface area contributed by atoms with Crippen molar-refractivity contribution in [3.63, 3.8) is 0 Å². The van der Waals surface area contributed by atoms with Crippen molar-refractivity contribution in [2.24, 2.45) is 5.92 Å². The van der Waals surface area contributed by atoms with E-state index in [0.717, 1.165) is 19.3 Å². The second kappa shape index (κ2) is 7.09. The number of methoxy groups -OCH3 is 2. The van der Waals surface area contributed by atoms with Gasteiger partial charge in [0.2, 0.25) is 0 Å². The Kier molecular flexibility index (Phi) is 5.76. The highest BCUT2D eigenvalue weighted by Crippen LogP contribution is 2.35. The molecule has 1 aliphatic carbocycles. The molecular formula is C14H20O5. The summed E-state index contributed by atoms with van der Waals surface area (Å²) in [5.74, 6) is -1.17. The number of esters is 2. The standard InChI is InChI=1S/C14H20O5/c1-18-12(15)7-6-11-5-3-4-9-14(11,17)10-8-13(16)19-2/h6-8,10-11,17H,3-5,9H2,1-2H3/b7-6+,10-8+/t11-,14+/m1/s1. The Hall–Kier alpha value is -1.62. The molecule has 0 aromatic heterocycles. The minimum Gasteiger partial charge on any atom is -0.466 e. The number of aliphatic hydroxyl groups is 1. The average Bonchev–Trinajstić information content (AvgIpc) is 2.43. The zero-order valence-electron chi connectivity index (χ0n) is 11.3. The summed E-state index contributed by atoms with van der Waals surface area (Å²) < 4.78 is 9.03. The summed E-state index contributed by atoms with van der Waals surface area (Å²) >= 11 is 0. The minimum absolute atomic E-state index is 0.207. The molecule has 1 fully saturated rings. The molecule has 1 N–H and O–H groups in total. The summed E-state index contributed by atoms with van der Waals surface area (Å²) in [7, 11) is 2.59. The third kappa shape index (κ3) is 4.52. The maximum atomic E-state index is 11.1. The molecule has 106 valence electrons. The van der Waals surface area contributed by atoms with Gasteiger partial charge in [0.15, 0.2) is 0 Å². The first-order valence-electron chi connectivity index (χ1n) is 6.27. The van der Waals surface area contributed by atoms with E-state index in [2.05, 4.69) is 9.47 Å². The highest BCUT2D eigenvalue weighted by atomic mass is 16.5. The molecule has 0 aromatic rings. The van der Waals surface area contributed by atoms with Gasteiger partial charge in [-0.25, -0.2) is 9.59 Å². The zero-order valence-corrected chi connectivity index (χ0v) is 11.3. The molecule has 5 heteroatoms. The first-order chi connectivity index (χ1) is 9.01. The van der Waals surface area contributed by atoms with Crippen LogP contribution >= 0.6 is 0 Å². The number of carbonyl (C=O) groups is 2. The Balaban J connectivity index is 2.81. The Labute approximate surface area is 112 Å². The van der Waals surface area contributed by atoms with Crippen LogP contribution in [-0.4, -0.2) is 36.9 Å². The summed E-state index contributed by atoms with van der Waals surface area (Å²) in [6.45, 7) is 0. The van der Waals surface area contributed by atoms with Gasteiger partial charge >= 0.3 is 11.9 Å². The van der Waals surface area contributed by atoms with Gasteiger partial charge in [0, 0.05) is 18.1 Å². The molecule has 1 rings (SSSR count). The highest BCUT2D eigenvalue weighted by molar-refractivity contribution is 5.82. The fourth-order valence-corrected chi connectivity index (χ4v) is 2.22. The number of ether oxygens (including phenoxy) is 2. The first-order valence-corrected chi connectivity index (χ1v) is 6.27. The maximum Gasteiger partial charge on any atom is 0.330 e. The molecule has 0 radical (unpaired) electrons. The van der Waals surface area contributed by atoms with Crippen LogP contribution in [-0.2, 0) is 19.1 Å². The molecule has 2 atom stereocenters. The molecule has 0 aliphatic heterocycles. The third-order valence-electron chi connectivity index (χ3n) is 3.36. The molecule has 0 amide bonds. The van der Waals surface area contributed by atoms with Crippen molar-refractivity contribution >= 4 is 11.9 Å². The molecule has 5 nitrogen and oxygen atoms in total. The van der Waals surface area contributed by atoms with Crippen molar-refractivity contribution in [2.75, 3.05) is 14.2 Å². The fourth-order valence-electron chi connectivity index (χ4n) is 2.22. The van der Waals surface area contributed by atoms with E-state index < -0.39 is 17.5 Å². The maximum absolute atomic E-state index is 11.1. The van der Waals surface area contributed by atoms with Gasteiger partial charge in [-0.1, -0.05) is 18.9 Å². The number of hydrogen-bond donors (Lipinski definition) is 1. The summed E-state index contributed by atoms with van der Waals surface area (Å²) in [5.41, 5.74) is -1.11. The lowest BCUT2D eigenvalue weighted by Gasteiger charge is -2.36. The van der Waals surface area contributed by atoms with Crippen LogP contribution in [0, 0.1) is 5.92 Å². The van der Waals surface area contributed by atoms with Crippen LogP contribution in [0.15, 0.2) is 24.3 Å². The first kappa shape index (κ1) is 15.4. The van der Waals surface area contributed by atoms with Gasteiger partial charge in [-0.3, -0.25) is 0 Å². The molecule has 0 bridgehead atoms. The third-order valence-corrected chi connectivity index (χ3v) is 3.36. The Morgan fingerprint density at radius 3 is 2.42 bits per heavy atom. The van der Waals surface area contributed by atoms with Crippen LogP contribution in [0.5, 0.6) is 0 Å². The topological polar surface area (TPSA) is 72.8 Å². The SMILES string of the molecule is COC(=O)/C=C/[C@H]1CCCC[C@]1(O)/C=C/C(=O)OC. The second-order valence-corrected chi connectivity index (χ2v) is 4.58. The normalized spacial score (nSPS) is 27.6. The van der Waals surface area contributed by atoms with Gasteiger partial charge in [-0.15, -0.1) is 0 Å². The van der Waals surface area contributed by atoms with E-state index >= 15 is 0 Å². The number of carbonyl (C=O) groups excluding carboxylic acids is 2. The van der Waals surface area contributed by atoms with E-state index in [1.54, 1.807) is 6.08 Å². The second-order valence-electron chi connectivity index (χ2n) is 4.58. The summed E-state index contributed by atoms with van der Waals surface area (Å²) in [5, 5.41) is 10.6. The van der Waals surface area contributed by atoms with E-state index in [9.17, 15) is 14.7 Å². The van der Waals surface area contributed by atoms with Crippen LogP contribution in [0.4, 0.5) is 0 Å². The van der Waals surface area contributed by atoms with E-state index in [-0.39, 0.29) is 5.92 Å². The molecule has 0 spiro atoms. The molecular weight excluding hydrogens is 248 g/mol. The smallest absolute Gasteiger partial charge is 0.330 e. The summed E-state index contributed by atoms with van der Waals surface area (Å²) in [6.07, 6.45) is 8.81. The monoisotopic (exact) mass is 268 g/mol. The van der Waals surface area contributed by atoms with Gasteiger partial charge < -0.3 is 14.6 Å². The summed E-state index contributed by atoms with van der Waals surface area (Å²) in [4.78, 5) is 22.2. The molecule has 0 aromatic carbocycles. The van der Waals surface area contributed by atoms with E-state index in [1.165, 1.54) is 32.4 Å². The van der Waals surface area contributed by atoms with E-state index in [4.69, 9.17) is 0 Å². The molecule has 1 aliphatic rings. The summed E-state index contributed by atoms with van der Waals surface area (Å²) in [6, 6.07) is 0. The lowest BCUT2D eigenvalue weighted by Crippen LogP contribution is -2.38. The van der Waals surface area contributed by atoms with Crippen LogP contribution in [0.3, 0.4) is 0 Å². The molecule has 0 saturated heterocycles. The fraction of sp³-hybridized carbons (Fsp3) is 0.571. The molecule has 19 heavy (non-hydrogen) atoms. The Bertz CT molecular complexity index is 385. The van der Waals surface area contributed by atoms with Crippen molar-refractivity contribution in [1.82, 2.24) is 0 Å². The molecule has 0 unspecified atom stereocenters. The largest absolute Gasteiger partial charge is 0.466 e. The zero-order chi connectivity index (χ0) is 14.3. The predicted octanol–water partition coefficient (Wildman–Crippen LogP) is 1.37. The lowest BCUT2D eigenvalue weighted by molar-refractivity contribution is -0.136. The minimum atomic E-state index is -1.11. The number of rotatable bonds is 4. The Morgan fingerprint density at radius 2 is 1.79 bits per heavy atom. The van der Waals surface area contributed by atoms with Crippen molar-refractivity contribution in [2.45, 2.75) is 31.3 Å². The van der Waals surface area contributed by atoms with Gasteiger partial charge in [-0.2, -0.15) is 0 Å². The van der Waals surface area contributed by atoms with E-state index in [1.807, 2.05) is 0 Å². The van der Waals surface area contributed by atoms with E-state index in [0.29, 0.717) is 6.42 Å². The molecule has 0 heterocycles. The van der Waals surface area contributed by atoms with Crippen LogP contribution in [0.1, 0.15) is 25.7 Å². The van der Waals surface area contributed by atoms with Crippen molar-refractivity contribution in [1.29, 1.82) is 0 Å². The quantitative estimate of drug-likeness (QED) is 0.615. The van der Waals surface area contributed by atoms with Crippen molar-refractivity contribution in [3.05, 3.63) is 24.3 Å². The molecule has 1 saturated carbocycles. The lowest BCUT2D eigenvalue weighted by atomic mass is 9.75. The van der Waals surface area contributed by atoms with Gasteiger partial charge in [0.1, 0.15) is 0 Å². The average molecular weight is 268 g/mol.